The molecule has 0 aliphatic carbocycles. The van der Waals surface area contributed by atoms with Crippen LogP contribution in [0.4, 0.5) is 0 Å². The summed E-state index contributed by atoms with van der Waals surface area (Å²) in [4.78, 5) is 2.08. The van der Waals surface area contributed by atoms with E-state index in [1.807, 2.05) is 0 Å². The summed E-state index contributed by atoms with van der Waals surface area (Å²) in [6.45, 7) is 9.86. The van der Waals surface area contributed by atoms with E-state index in [0.29, 0.717) is 32.7 Å². The summed E-state index contributed by atoms with van der Waals surface area (Å²) in [5.74, 6) is -0.00149. The second-order valence-electron chi connectivity index (χ2n) is 5.05. The van der Waals surface area contributed by atoms with Crippen molar-refractivity contribution in [2.24, 2.45) is 0 Å². The van der Waals surface area contributed by atoms with E-state index in [4.69, 9.17) is 0 Å². The molecule has 1 fully saturated rings. The first-order valence-electron chi connectivity index (χ1n) is 5.78. The fourth-order valence-electron chi connectivity index (χ4n) is 1.97. The number of hydrogen-bond acceptors (Lipinski definition) is 4. The summed E-state index contributed by atoms with van der Waals surface area (Å²) in [6.07, 6.45) is 1.42. The average molecular weight is 262 g/mol. The van der Waals surface area contributed by atoms with E-state index in [9.17, 15) is 13.5 Å². The molecule has 1 rings (SSSR count). The highest BCUT2D eigenvalue weighted by atomic mass is 32.2. The molecule has 1 aliphatic heterocycles. The van der Waals surface area contributed by atoms with Crippen molar-refractivity contribution in [1.82, 2.24) is 9.21 Å². The first-order chi connectivity index (χ1) is 7.74. The molecule has 0 spiro atoms. The molecular formula is C11H22N2O3S. The Morgan fingerprint density at radius 3 is 2.24 bits per heavy atom. The van der Waals surface area contributed by atoms with Crippen LogP contribution in [-0.2, 0) is 10.0 Å². The molecule has 17 heavy (non-hydrogen) atoms. The Balaban J connectivity index is 2.49. The van der Waals surface area contributed by atoms with Crippen LogP contribution in [0.3, 0.4) is 0 Å². The fourth-order valence-corrected chi connectivity index (χ4v) is 3.20. The maximum absolute atomic E-state index is 11.8. The van der Waals surface area contributed by atoms with Crippen molar-refractivity contribution in [3.8, 4) is 0 Å². The first-order valence-corrected chi connectivity index (χ1v) is 7.39. The van der Waals surface area contributed by atoms with Crippen LogP contribution in [0.25, 0.3) is 0 Å². The van der Waals surface area contributed by atoms with Gasteiger partial charge in [0, 0.05) is 32.7 Å². The molecule has 1 N–H and O–H groups in total. The van der Waals surface area contributed by atoms with Gasteiger partial charge in [-0.1, -0.05) is 6.08 Å². The summed E-state index contributed by atoms with van der Waals surface area (Å²) in [5.41, 5.74) is -0.734. The van der Waals surface area contributed by atoms with Crippen LogP contribution in [0.15, 0.2) is 12.7 Å². The van der Waals surface area contributed by atoms with Crippen LogP contribution in [0.2, 0.25) is 0 Å². The standard InChI is InChI=1S/C11H22N2O3S/c1-4-9-17(15,16)13-7-5-12(6-8-13)10-11(2,3)14/h4,14H,1,5-10H2,2-3H3. The van der Waals surface area contributed by atoms with Gasteiger partial charge in [-0.3, -0.25) is 4.90 Å². The molecular weight excluding hydrogens is 240 g/mol. The molecule has 0 unspecified atom stereocenters. The van der Waals surface area contributed by atoms with Crippen molar-refractivity contribution in [2.75, 3.05) is 38.5 Å². The Bertz CT molecular complexity index is 351. The van der Waals surface area contributed by atoms with Gasteiger partial charge >= 0.3 is 0 Å². The van der Waals surface area contributed by atoms with Gasteiger partial charge in [0.15, 0.2) is 0 Å². The fraction of sp³-hybridized carbons (Fsp3) is 0.818. The van der Waals surface area contributed by atoms with Gasteiger partial charge in [-0.2, -0.15) is 4.31 Å². The number of rotatable bonds is 5. The highest BCUT2D eigenvalue weighted by Crippen LogP contribution is 2.11. The number of piperazine rings is 1. The minimum absolute atomic E-state index is 0.00149. The third-order valence-electron chi connectivity index (χ3n) is 2.66. The summed E-state index contributed by atoms with van der Waals surface area (Å²) in [6, 6.07) is 0. The molecule has 1 heterocycles. The van der Waals surface area contributed by atoms with E-state index in [0.717, 1.165) is 0 Å². The predicted octanol–water partition coefficient (Wildman–Crippen LogP) is -0.109. The molecule has 0 amide bonds. The number of sulfonamides is 1. The van der Waals surface area contributed by atoms with E-state index in [1.165, 1.54) is 10.4 Å². The summed E-state index contributed by atoms with van der Waals surface area (Å²) >= 11 is 0. The highest BCUT2D eigenvalue weighted by molar-refractivity contribution is 7.89. The maximum Gasteiger partial charge on any atom is 0.217 e. The molecule has 5 nitrogen and oxygen atoms in total. The Hall–Kier alpha value is -0.430. The highest BCUT2D eigenvalue weighted by Gasteiger charge is 2.27. The molecule has 0 aromatic heterocycles. The van der Waals surface area contributed by atoms with Gasteiger partial charge in [0.1, 0.15) is 0 Å². The second kappa shape index (κ2) is 5.48. The Morgan fingerprint density at radius 2 is 1.82 bits per heavy atom. The van der Waals surface area contributed by atoms with E-state index >= 15 is 0 Å². The third kappa shape index (κ3) is 4.75. The number of β-amino-alcohol motifs (C(OH)–C–C–N with tert-alkyl or cyclic N) is 1. The van der Waals surface area contributed by atoms with Crippen molar-refractivity contribution in [2.45, 2.75) is 19.4 Å². The van der Waals surface area contributed by atoms with Crippen LogP contribution >= 0.6 is 0 Å². The monoisotopic (exact) mass is 262 g/mol. The number of aliphatic hydroxyl groups is 1. The number of hydrogen-bond donors (Lipinski definition) is 1. The Morgan fingerprint density at radius 1 is 1.29 bits per heavy atom. The molecule has 1 aliphatic rings. The summed E-state index contributed by atoms with van der Waals surface area (Å²) < 4.78 is 25.0. The van der Waals surface area contributed by atoms with Gasteiger partial charge in [0.25, 0.3) is 0 Å². The predicted molar refractivity (Wildman–Crippen MR) is 68.3 cm³/mol. The summed E-state index contributed by atoms with van der Waals surface area (Å²) in [7, 11) is -3.17. The lowest BCUT2D eigenvalue weighted by atomic mass is 10.1. The zero-order valence-electron chi connectivity index (χ0n) is 10.6. The Labute approximate surface area is 104 Å². The topological polar surface area (TPSA) is 60.9 Å². The van der Waals surface area contributed by atoms with Crippen molar-refractivity contribution >= 4 is 10.0 Å². The second-order valence-corrected chi connectivity index (χ2v) is 7.07. The largest absolute Gasteiger partial charge is 0.389 e. The zero-order valence-corrected chi connectivity index (χ0v) is 11.4. The average Bonchev–Trinajstić information content (AvgIpc) is 2.15. The van der Waals surface area contributed by atoms with Crippen LogP contribution < -0.4 is 0 Å². The van der Waals surface area contributed by atoms with E-state index < -0.39 is 15.6 Å². The van der Waals surface area contributed by atoms with Crippen LogP contribution in [0.1, 0.15) is 13.8 Å². The van der Waals surface area contributed by atoms with Crippen molar-refractivity contribution < 1.29 is 13.5 Å². The van der Waals surface area contributed by atoms with Crippen LogP contribution in [0, 0.1) is 0 Å². The lowest BCUT2D eigenvalue weighted by Crippen LogP contribution is -2.52. The lowest BCUT2D eigenvalue weighted by Gasteiger charge is -2.36. The van der Waals surface area contributed by atoms with Crippen LogP contribution in [-0.4, -0.2) is 66.8 Å². The van der Waals surface area contributed by atoms with E-state index in [1.54, 1.807) is 13.8 Å². The molecule has 0 saturated carbocycles. The van der Waals surface area contributed by atoms with Gasteiger partial charge < -0.3 is 5.11 Å². The summed E-state index contributed by atoms with van der Waals surface area (Å²) in [5, 5.41) is 9.69. The molecule has 100 valence electrons. The molecule has 0 bridgehead atoms. The van der Waals surface area contributed by atoms with Gasteiger partial charge in [-0.15, -0.1) is 6.58 Å². The molecule has 0 radical (unpaired) electrons. The normalized spacial score (nSPS) is 20.4. The van der Waals surface area contributed by atoms with E-state index in [2.05, 4.69) is 11.5 Å². The maximum atomic E-state index is 11.8. The van der Waals surface area contributed by atoms with Gasteiger partial charge in [-0.05, 0) is 13.8 Å². The quantitative estimate of drug-likeness (QED) is 0.702. The molecule has 0 atom stereocenters. The molecule has 0 aromatic carbocycles. The SMILES string of the molecule is C=CCS(=O)(=O)N1CCN(CC(C)(C)O)CC1. The molecule has 0 aromatic rings. The van der Waals surface area contributed by atoms with Gasteiger partial charge in [-0.25, -0.2) is 8.42 Å². The number of nitrogens with zero attached hydrogens (tertiary/aromatic N) is 2. The lowest BCUT2D eigenvalue weighted by molar-refractivity contribution is 0.0263. The van der Waals surface area contributed by atoms with Crippen LogP contribution in [0.5, 0.6) is 0 Å². The van der Waals surface area contributed by atoms with Gasteiger partial charge in [0.05, 0.1) is 11.4 Å². The molecule has 6 heteroatoms. The van der Waals surface area contributed by atoms with E-state index in [-0.39, 0.29) is 5.75 Å². The van der Waals surface area contributed by atoms with Gasteiger partial charge in [0.2, 0.25) is 10.0 Å². The smallest absolute Gasteiger partial charge is 0.217 e. The minimum Gasteiger partial charge on any atom is -0.389 e. The third-order valence-corrected chi connectivity index (χ3v) is 4.47. The van der Waals surface area contributed by atoms with Crippen molar-refractivity contribution in [3.05, 3.63) is 12.7 Å². The first kappa shape index (κ1) is 14.6. The zero-order chi connectivity index (χ0) is 13.1. The Kier molecular flexibility index (Phi) is 4.71. The minimum atomic E-state index is -3.17. The van der Waals surface area contributed by atoms with Crippen molar-refractivity contribution in [3.63, 3.8) is 0 Å². The van der Waals surface area contributed by atoms with Crippen molar-refractivity contribution in [1.29, 1.82) is 0 Å². The molecule has 1 saturated heterocycles.